The summed E-state index contributed by atoms with van der Waals surface area (Å²) in [5.41, 5.74) is 4.00. The maximum atomic E-state index is 13.6. The molecule has 2 amide bonds. The lowest BCUT2D eigenvalue weighted by Crippen LogP contribution is -2.33. The maximum absolute atomic E-state index is 13.6. The van der Waals surface area contributed by atoms with Gasteiger partial charge >= 0.3 is 0 Å². The van der Waals surface area contributed by atoms with E-state index in [-0.39, 0.29) is 17.4 Å². The average molecular weight is 489 g/mol. The zero-order valence-corrected chi connectivity index (χ0v) is 21.0. The number of rotatable bonds is 7. The molecule has 0 fully saturated rings. The van der Waals surface area contributed by atoms with Gasteiger partial charge in [0, 0.05) is 29.2 Å². The minimum Gasteiger partial charge on any atom is -0.326 e. The highest BCUT2D eigenvalue weighted by molar-refractivity contribution is 7.17. The van der Waals surface area contributed by atoms with Crippen molar-refractivity contribution < 1.29 is 9.59 Å². The van der Waals surface area contributed by atoms with Crippen molar-refractivity contribution in [3.63, 3.8) is 0 Å². The van der Waals surface area contributed by atoms with Gasteiger partial charge < -0.3 is 10.6 Å². The fourth-order valence-electron chi connectivity index (χ4n) is 4.00. The van der Waals surface area contributed by atoms with E-state index in [0.29, 0.717) is 33.9 Å². The van der Waals surface area contributed by atoms with E-state index in [0.717, 1.165) is 11.1 Å². The number of thiophene rings is 1. The van der Waals surface area contributed by atoms with E-state index in [1.807, 2.05) is 24.4 Å². The van der Waals surface area contributed by atoms with Crippen LogP contribution < -0.4 is 16.2 Å². The molecule has 0 aliphatic carbocycles. The normalized spacial score (nSPS) is 12.0. The van der Waals surface area contributed by atoms with Gasteiger partial charge in [0.05, 0.1) is 11.7 Å². The Kier molecular flexibility index (Phi) is 7.12. The quantitative estimate of drug-likeness (QED) is 0.344. The SMILES string of the molecule is CCC(C(=O)Nc1ccc(NC(C)=O)cc1)n1cnc2scc(-c3ccc(C(C)C)cc3)c2c1=O. The number of carbonyl (C=O) groups is 2. The Morgan fingerprint density at radius 3 is 2.20 bits per heavy atom. The first-order valence-electron chi connectivity index (χ1n) is 11.6. The van der Waals surface area contributed by atoms with Crippen LogP contribution in [0.4, 0.5) is 11.4 Å². The van der Waals surface area contributed by atoms with Gasteiger partial charge in [-0.05, 0) is 47.7 Å². The highest BCUT2D eigenvalue weighted by Gasteiger charge is 2.23. The number of hydrogen-bond acceptors (Lipinski definition) is 5. The summed E-state index contributed by atoms with van der Waals surface area (Å²) >= 11 is 1.42. The Morgan fingerprint density at radius 1 is 1.00 bits per heavy atom. The fourth-order valence-corrected chi connectivity index (χ4v) is 4.91. The Labute approximate surface area is 207 Å². The van der Waals surface area contributed by atoms with Crippen LogP contribution >= 0.6 is 11.3 Å². The van der Waals surface area contributed by atoms with Crippen LogP contribution in [0.3, 0.4) is 0 Å². The van der Waals surface area contributed by atoms with Crippen molar-refractivity contribution in [2.45, 2.75) is 46.1 Å². The minimum atomic E-state index is -0.717. The first-order valence-corrected chi connectivity index (χ1v) is 12.4. The molecule has 0 saturated heterocycles. The second-order valence-electron chi connectivity index (χ2n) is 8.74. The van der Waals surface area contributed by atoms with Crippen LogP contribution in [0.1, 0.15) is 51.6 Å². The van der Waals surface area contributed by atoms with E-state index in [2.05, 4.69) is 41.6 Å². The van der Waals surface area contributed by atoms with Crippen molar-refractivity contribution in [1.29, 1.82) is 0 Å². The van der Waals surface area contributed by atoms with Crippen molar-refractivity contribution in [2.24, 2.45) is 0 Å². The molecule has 2 N–H and O–H groups in total. The predicted octanol–water partition coefficient (Wildman–Crippen LogP) is 5.80. The van der Waals surface area contributed by atoms with Gasteiger partial charge in [-0.2, -0.15) is 0 Å². The topological polar surface area (TPSA) is 93.1 Å². The van der Waals surface area contributed by atoms with E-state index < -0.39 is 6.04 Å². The molecular weight excluding hydrogens is 460 g/mol. The fraction of sp³-hybridized carbons (Fsp3) is 0.259. The molecule has 7 nitrogen and oxygen atoms in total. The molecule has 8 heteroatoms. The van der Waals surface area contributed by atoms with E-state index in [1.54, 1.807) is 24.3 Å². The number of carbonyl (C=O) groups excluding carboxylic acids is 2. The Morgan fingerprint density at radius 2 is 1.63 bits per heavy atom. The molecule has 0 saturated carbocycles. The van der Waals surface area contributed by atoms with Crippen molar-refractivity contribution in [2.75, 3.05) is 10.6 Å². The summed E-state index contributed by atoms with van der Waals surface area (Å²) < 4.78 is 1.42. The van der Waals surface area contributed by atoms with E-state index in [4.69, 9.17) is 0 Å². The van der Waals surface area contributed by atoms with Crippen LogP contribution in [0.2, 0.25) is 0 Å². The van der Waals surface area contributed by atoms with Crippen molar-refractivity contribution in [3.05, 3.63) is 76.2 Å². The molecule has 1 unspecified atom stereocenters. The average Bonchev–Trinajstić information content (AvgIpc) is 3.27. The van der Waals surface area contributed by atoms with Gasteiger partial charge in [-0.1, -0.05) is 45.0 Å². The standard InChI is InChI=1S/C27H28N4O3S/c1-5-23(25(33)30-21-12-10-20(11-13-21)29-17(4)32)31-15-28-26-24(27(31)34)22(14-35-26)19-8-6-18(7-9-19)16(2)3/h6-16,23H,5H2,1-4H3,(H,29,32)(H,30,33). The zero-order valence-electron chi connectivity index (χ0n) is 20.2. The van der Waals surface area contributed by atoms with Gasteiger partial charge in [0.25, 0.3) is 5.56 Å². The van der Waals surface area contributed by atoms with Crippen LogP contribution in [0.25, 0.3) is 21.3 Å². The number of nitrogens with one attached hydrogen (secondary N) is 2. The Bertz CT molecular complexity index is 1420. The van der Waals surface area contributed by atoms with E-state index in [9.17, 15) is 14.4 Å². The minimum absolute atomic E-state index is 0.168. The van der Waals surface area contributed by atoms with Crippen LogP contribution in [0.5, 0.6) is 0 Å². The highest BCUT2D eigenvalue weighted by Crippen LogP contribution is 2.32. The number of hydrogen-bond donors (Lipinski definition) is 2. The highest BCUT2D eigenvalue weighted by atomic mass is 32.1. The summed E-state index contributed by atoms with van der Waals surface area (Å²) in [6.07, 6.45) is 1.88. The summed E-state index contributed by atoms with van der Waals surface area (Å²) in [7, 11) is 0. The third kappa shape index (κ3) is 5.17. The smallest absolute Gasteiger partial charge is 0.263 e. The Hall–Kier alpha value is -3.78. The summed E-state index contributed by atoms with van der Waals surface area (Å²) in [6, 6.07) is 14.3. The lowest BCUT2D eigenvalue weighted by atomic mass is 9.99. The molecule has 0 bridgehead atoms. The van der Waals surface area contributed by atoms with Crippen molar-refractivity contribution in [1.82, 2.24) is 9.55 Å². The number of aromatic nitrogens is 2. The van der Waals surface area contributed by atoms with Crippen LogP contribution in [-0.2, 0) is 9.59 Å². The van der Waals surface area contributed by atoms with Gasteiger partial charge in [0.15, 0.2) is 0 Å². The molecule has 2 aromatic carbocycles. The van der Waals surface area contributed by atoms with Crippen LogP contribution in [0.15, 0.2) is 65.0 Å². The molecule has 0 aliphatic heterocycles. The first kappa shape index (κ1) is 24.3. The molecule has 0 spiro atoms. The first-order chi connectivity index (χ1) is 16.8. The van der Waals surface area contributed by atoms with Gasteiger partial charge in [-0.25, -0.2) is 4.98 Å². The molecule has 1 atom stereocenters. The lowest BCUT2D eigenvalue weighted by molar-refractivity contribution is -0.119. The second kappa shape index (κ2) is 10.2. The monoisotopic (exact) mass is 488 g/mol. The molecule has 0 aliphatic rings. The van der Waals surface area contributed by atoms with Crippen LogP contribution in [0, 0.1) is 0 Å². The van der Waals surface area contributed by atoms with Gasteiger partial charge in [0.1, 0.15) is 10.9 Å². The number of anilines is 2. The summed E-state index contributed by atoms with van der Waals surface area (Å²) in [5.74, 6) is -0.0487. The van der Waals surface area contributed by atoms with Crippen molar-refractivity contribution >= 4 is 44.7 Å². The maximum Gasteiger partial charge on any atom is 0.263 e. The van der Waals surface area contributed by atoms with E-state index in [1.165, 1.54) is 34.7 Å². The number of amides is 2. The molecule has 180 valence electrons. The number of benzene rings is 2. The second-order valence-corrected chi connectivity index (χ2v) is 9.59. The third-order valence-corrected chi connectivity index (χ3v) is 6.79. The van der Waals surface area contributed by atoms with Crippen LogP contribution in [-0.4, -0.2) is 21.4 Å². The molecular formula is C27H28N4O3S. The third-order valence-electron chi connectivity index (χ3n) is 5.91. The molecule has 35 heavy (non-hydrogen) atoms. The van der Waals surface area contributed by atoms with Gasteiger partial charge in [0.2, 0.25) is 11.8 Å². The molecule has 2 aromatic heterocycles. The predicted molar refractivity (Wildman–Crippen MR) is 142 cm³/mol. The Balaban J connectivity index is 1.64. The van der Waals surface area contributed by atoms with Crippen molar-refractivity contribution in [3.8, 4) is 11.1 Å². The molecule has 2 heterocycles. The largest absolute Gasteiger partial charge is 0.326 e. The summed E-state index contributed by atoms with van der Waals surface area (Å²) in [4.78, 5) is 43.0. The summed E-state index contributed by atoms with van der Waals surface area (Å²) in [5, 5.41) is 8.04. The summed E-state index contributed by atoms with van der Waals surface area (Å²) in [6.45, 7) is 7.58. The molecule has 4 rings (SSSR count). The van der Waals surface area contributed by atoms with Gasteiger partial charge in [-0.15, -0.1) is 11.3 Å². The lowest BCUT2D eigenvalue weighted by Gasteiger charge is -2.18. The van der Waals surface area contributed by atoms with Gasteiger partial charge in [-0.3, -0.25) is 19.0 Å². The number of fused-ring (bicyclic) bond motifs is 1. The molecule has 4 aromatic rings. The van der Waals surface area contributed by atoms with E-state index >= 15 is 0 Å². The zero-order chi connectivity index (χ0) is 25.1. The number of nitrogens with zero attached hydrogens (tertiary/aromatic N) is 2. The molecule has 0 radical (unpaired) electrons.